The first kappa shape index (κ1) is 13.5. The molecule has 5 nitrogen and oxygen atoms in total. The van der Waals surface area contributed by atoms with Crippen molar-refractivity contribution in [2.24, 2.45) is 0 Å². The number of nitrogen functional groups attached to an aromatic ring is 1. The zero-order valence-electron chi connectivity index (χ0n) is 10.9. The minimum Gasteiger partial charge on any atom is -0.334 e. The third-order valence-corrected chi connectivity index (χ3v) is 3.28. The average Bonchev–Trinajstić information content (AvgIpc) is 2.40. The second kappa shape index (κ2) is 5.36. The second-order valence-electron chi connectivity index (χ2n) is 4.72. The Morgan fingerprint density at radius 1 is 1.37 bits per heavy atom. The van der Waals surface area contributed by atoms with Crippen molar-refractivity contribution in [3.8, 4) is 0 Å². The van der Waals surface area contributed by atoms with Crippen LogP contribution in [0.1, 0.15) is 36.6 Å². The summed E-state index contributed by atoms with van der Waals surface area (Å²) >= 11 is 4.83. The van der Waals surface area contributed by atoms with E-state index < -0.39 is 0 Å². The van der Waals surface area contributed by atoms with Gasteiger partial charge in [0.1, 0.15) is 5.69 Å². The number of nitrogens with two attached hydrogens (primary N) is 1. The lowest BCUT2D eigenvalue weighted by Crippen LogP contribution is -2.32. The van der Waals surface area contributed by atoms with E-state index in [2.05, 4.69) is 36.2 Å². The molecule has 0 saturated heterocycles. The van der Waals surface area contributed by atoms with Crippen LogP contribution in [-0.4, -0.2) is 14.9 Å². The highest BCUT2D eigenvalue weighted by Gasteiger charge is 2.07. The fraction of sp³-hybridized carbons (Fsp3) is 0.308. The molecule has 0 radical (unpaired) electrons. The number of aromatic nitrogens is 3. The first-order valence-corrected chi connectivity index (χ1v) is 6.44. The molecule has 6 heteroatoms. The van der Waals surface area contributed by atoms with E-state index in [1.54, 1.807) is 0 Å². The molecular formula is C13H16N4OS. The molecule has 0 fully saturated rings. The molecule has 19 heavy (non-hydrogen) atoms. The van der Waals surface area contributed by atoms with E-state index in [0.29, 0.717) is 18.0 Å². The van der Waals surface area contributed by atoms with Crippen LogP contribution in [0.5, 0.6) is 0 Å². The highest BCUT2D eigenvalue weighted by molar-refractivity contribution is 7.71. The van der Waals surface area contributed by atoms with Crippen molar-refractivity contribution in [1.29, 1.82) is 0 Å². The summed E-state index contributed by atoms with van der Waals surface area (Å²) < 4.78 is 1.02. The van der Waals surface area contributed by atoms with Crippen molar-refractivity contribution in [1.82, 2.24) is 14.9 Å². The largest absolute Gasteiger partial charge is 0.334 e. The van der Waals surface area contributed by atoms with E-state index in [0.717, 1.165) is 10.2 Å². The number of H-pyrrole nitrogens is 1. The molecule has 0 aliphatic rings. The topological polar surface area (TPSA) is 76.7 Å². The third-order valence-electron chi connectivity index (χ3n) is 2.99. The molecule has 0 aliphatic heterocycles. The highest BCUT2D eigenvalue weighted by Crippen LogP contribution is 2.15. The lowest BCUT2D eigenvalue weighted by molar-refractivity contribution is 0.759. The quantitative estimate of drug-likeness (QED) is 0.661. The number of nitrogens with zero attached hydrogens (tertiary/aromatic N) is 2. The van der Waals surface area contributed by atoms with Gasteiger partial charge in [-0.05, 0) is 29.3 Å². The Morgan fingerprint density at radius 2 is 2.00 bits per heavy atom. The van der Waals surface area contributed by atoms with Gasteiger partial charge in [0.15, 0.2) is 0 Å². The van der Waals surface area contributed by atoms with Crippen LogP contribution < -0.4 is 11.4 Å². The van der Waals surface area contributed by atoms with E-state index in [1.165, 1.54) is 5.56 Å². The molecule has 0 spiro atoms. The summed E-state index contributed by atoms with van der Waals surface area (Å²) in [6.45, 7) is 4.28. The van der Waals surface area contributed by atoms with Crippen LogP contribution in [0.2, 0.25) is 0 Å². The fourth-order valence-electron chi connectivity index (χ4n) is 1.78. The van der Waals surface area contributed by atoms with Gasteiger partial charge in [-0.3, -0.25) is 9.89 Å². The summed E-state index contributed by atoms with van der Waals surface area (Å²) in [6, 6.07) is 8.12. The summed E-state index contributed by atoms with van der Waals surface area (Å²) in [5.74, 6) is 6.02. The van der Waals surface area contributed by atoms with E-state index in [-0.39, 0.29) is 10.3 Å². The van der Waals surface area contributed by atoms with Crippen molar-refractivity contribution in [2.45, 2.75) is 26.2 Å². The van der Waals surface area contributed by atoms with Crippen LogP contribution in [0.4, 0.5) is 0 Å². The van der Waals surface area contributed by atoms with Crippen LogP contribution in [0.3, 0.4) is 0 Å². The summed E-state index contributed by atoms with van der Waals surface area (Å²) in [4.78, 5) is 11.9. The van der Waals surface area contributed by atoms with Gasteiger partial charge in [-0.25, -0.2) is 0 Å². The zero-order chi connectivity index (χ0) is 14.0. The third kappa shape index (κ3) is 2.90. The zero-order valence-corrected chi connectivity index (χ0v) is 11.7. The SMILES string of the molecule is CC(C)c1ccc(Cc2n[nH]c(=S)n(N)c2=O)cc1. The van der Waals surface area contributed by atoms with Gasteiger partial charge >= 0.3 is 0 Å². The molecule has 0 unspecified atom stereocenters. The van der Waals surface area contributed by atoms with Gasteiger partial charge in [-0.2, -0.15) is 9.77 Å². The predicted octanol–water partition coefficient (Wildman–Crippen LogP) is 1.73. The van der Waals surface area contributed by atoms with E-state index in [9.17, 15) is 4.79 Å². The number of hydrogen-bond donors (Lipinski definition) is 2. The van der Waals surface area contributed by atoms with Crippen LogP contribution in [0, 0.1) is 4.77 Å². The van der Waals surface area contributed by atoms with Crippen molar-refractivity contribution < 1.29 is 0 Å². The van der Waals surface area contributed by atoms with Crippen molar-refractivity contribution in [2.75, 3.05) is 5.84 Å². The van der Waals surface area contributed by atoms with Gasteiger partial charge < -0.3 is 5.84 Å². The smallest absolute Gasteiger partial charge is 0.295 e. The second-order valence-corrected chi connectivity index (χ2v) is 5.11. The van der Waals surface area contributed by atoms with Gasteiger partial charge in [0, 0.05) is 6.42 Å². The van der Waals surface area contributed by atoms with Gasteiger partial charge in [-0.15, -0.1) is 0 Å². The number of hydrogen-bond acceptors (Lipinski definition) is 4. The summed E-state index contributed by atoms with van der Waals surface area (Å²) in [5, 5.41) is 6.51. The minimum absolute atomic E-state index is 0.115. The van der Waals surface area contributed by atoms with Crippen LogP contribution in [0.25, 0.3) is 0 Å². The van der Waals surface area contributed by atoms with Crippen molar-refractivity contribution >= 4 is 12.2 Å². The molecule has 1 aromatic carbocycles. The van der Waals surface area contributed by atoms with Gasteiger partial charge in [-0.1, -0.05) is 38.1 Å². The maximum absolute atomic E-state index is 11.9. The minimum atomic E-state index is -0.364. The summed E-state index contributed by atoms with van der Waals surface area (Å²) in [6.07, 6.45) is 0.431. The molecule has 2 rings (SSSR count). The summed E-state index contributed by atoms with van der Waals surface area (Å²) in [5.41, 5.74) is 2.27. The molecule has 0 bridgehead atoms. The summed E-state index contributed by atoms with van der Waals surface area (Å²) in [7, 11) is 0. The van der Waals surface area contributed by atoms with Gasteiger partial charge in [0.05, 0.1) is 0 Å². The first-order valence-electron chi connectivity index (χ1n) is 6.03. The molecule has 0 atom stereocenters. The Morgan fingerprint density at radius 3 is 2.58 bits per heavy atom. The molecule has 100 valence electrons. The lowest BCUT2D eigenvalue weighted by atomic mass is 10.0. The number of aromatic amines is 1. The number of rotatable bonds is 3. The predicted molar refractivity (Wildman–Crippen MR) is 77.2 cm³/mol. The monoisotopic (exact) mass is 276 g/mol. The van der Waals surface area contributed by atoms with Crippen LogP contribution in [-0.2, 0) is 6.42 Å². The van der Waals surface area contributed by atoms with Crippen molar-refractivity contribution in [3.05, 3.63) is 56.2 Å². The molecule has 1 heterocycles. The van der Waals surface area contributed by atoms with E-state index in [1.807, 2.05) is 12.1 Å². The number of benzene rings is 1. The Kier molecular flexibility index (Phi) is 3.80. The Labute approximate surface area is 116 Å². The Balaban J connectivity index is 2.29. The molecule has 0 amide bonds. The molecule has 2 aromatic rings. The Hall–Kier alpha value is -1.95. The van der Waals surface area contributed by atoms with E-state index in [4.69, 9.17) is 18.1 Å². The number of nitrogens with one attached hydrogen (secondary N) is 1. The first-order chi connectivity index (χ1) is 8.99. The van der Waals surface area contributed by atoms with Gasteiger partial charge in [0.2, 0.25) is 4.77 Å². The maximum atomic E-state index is 11.9. The lowest BCUT2D eigenvalue weighted by Gasteiger charge is -2.07. The van der Waals surface area contributed by atoms with Crippen molar-refractivity contribution in [3.63, 3.8) is 0 Å². The standard InChI is InChI=1S/C13H16N4OS/c1-8(2)10-5-3-9(4-6-10)7-11-12(18)17(14)13(19)16-15-11/h3-6,8H,7,14H2,1-2H3,(H,16,19). The Bertz CT molecular complexity index is 685. The van der Waals surface area contributed by atoms with Crippen LogP contribution >= 0.6 is 12.2 Å². The van der Waals surface area contributed by atoms with E-state index >= 15 is 0 Å². The molecule has 0 saturated carbocycles. The fourth-order valence-corrected chi connectivity index (χ4v) is 1.91. The molecule has 1 aromatic heterocycles. The normalized spacial score (nSPS) is 10.9. The van der Waals surface area contributed by atoms with Gasteiger partial charge in [0.25, 0.3) is 5.56 Å². The average molecular weight is 276 g/mol. The highest BCUT2D eigenvalue weighted by atomic mass is 32.1. The molecule has 0 aliphatic carbocycles. The maximum Gasteiger partial charge on any atom is 0.295 e. The molecular weight excluding hydrogens is 260 g/mol. The van der Waals surface area contributed by atoms with Crippen LogP contribution in [0.15, 0.2) is 29.1 Å². The molecule has 3 N–H and O–H groups in total.